The predicted molar refractivity (Wildman–Crippen MR) is 141 cm³/mol. The summed E-state index contributed by atoms with van der Waals surface area (Å²) in [5, 5.41) is 7.12. The maximum atomic E-state index is 14.0. The number of carboxylic acid groups (broad SMARTS) is 1. The van der Waals surface area contributed by atoms with Gasteiger partial charge in [-0.1, -0.05) is 13.0 Å². The number of ether oxygens (including phenoxy) is 2. The highest BCUT2D eigenvalue weighted by molar-refractivity contribution is 5.91. The highest BCUT2D eigenvalue weighted by Gasteiger charge is 2.52. The van der Waals surface area contributed by atoms with Gasteiger partial charge in [-0.3, -0.25) is 9.80 Å². The van der Waals surface area contributed by atoms with Gasteiger partial charge in [-0.2, -0.15) is 13.2 Å². The van der Waals surface area contributed by atoms with Crippen LogP contribution in [0.25, 0.3) is 0 Å². The van der Waals surface area contributed by atoms with E-state index < -0.39 is 29.8 Å². The van der Waals surface area contributed by atoms with Crippen molar-refractivity contribution in [2.24, 2.45) is 5.73 Å². The Hall–Kier alpha value is -3.61. The molecule has 1 saturated carbocycles. The van der Waals surface area contributed by atoms with Crippen molar-refractivity contribution in [1.29, 1.82) is 0 Å². The van der Waals surface area contributed by atoms with Gasteiger partial charge in [-0.05, 0) is 75.0 Å². The lowest BCUT2D eigenvalue weighted by Crippen LogP contribution is -2.55. The van der Waals surface area contributed by atoms with Crippen LogP contribution in [0.15, 0.2) is 36.4 Å². The summed E-state index contributed by atoms with van der Waals surface area (Å²) in [5.74, 6) is -3.31. The van der Waals surface area contributed by atoms with Crippen molar-refractivity contribution in [3.63, 3.8) is 0 Å². The first-order valence-electron chi connectivity index (χ1n) is 13.1. The number of carbonyl (C=O) groups excluding carboxylic acids is 1. The van der Waals surface area contributed by atoms with Crippen molar-refractivity contribution in [3.05, 3.63) is 53.6 Å². The topological polar surface area (TPSA) is 105 Å². The van der Waals surface area contributed by atoms with Crippen LogP contribution in [0.4, 0.5) is 32.4 Å². The Labute approximate surface area is 234 Å². The molecule has 2 fully saturated rings. The molecule has 2 aromatic rings. The minimum Gasteiger partial charge on any atom is -0.493 e. The Morgan fingerprint density at radius 1 is 1.07 bits per heavy atom. The number of carbonyl (C=O) groups is 2. The zero-order chi connectivity index (χ0) is 30.5. The first-order chi connectivity index (χ1) is 19.3. The molecule has 2 aliphatic rings. The minimum absolute atomic E-state index is 0.0947. The largest absolute Gasteiger partial charge is 0.493 e. The van der Waals surface area contributed by atoms with Gasteiger partial charge >= 0.3 is 18.2 Å². The van der Waals surface area contributed by atoms with Crippen LogP contribution in [0.3, 0.4) is 0 Å². The molecule has 1 saturated heterocycles. The van der Waals surface area contributed by atoms with Gasteiger partial charge in [-0.15, -0.1) is 0 Å². The van der Waals surface area contributed by atoms with E-state index in [0.29, 0.717) is 24.3 Å². The van der Waals surface area contributed by atoms with Gasteiger partial charge in [0.15, 0.2) is 23.1 Å². The Kier molecular flexibility index (Phi) is 10.1. The van der Waals surface area contributed by atoms with Gasteiger partial charge < -0.3 is 20.3 Å². The Bertz CT molecular complexity index is 1240. The number of nitrogens with zero attached hydrogens (tertiary/aromatic N) is 2. The van der Waals surface area contributed by atoms with E-state index >= 15 is 0 Å². The van der Waals surface area contributed by atoms with Crippen LogP contribution in [-0.2, 0) is 10.2 Å². The Balaban J connectivity index is 0.000000587. The van der Waals surface area contributed by atoms with Crippen LogP contribution in [0.1, 0.15) is 44.6 Å². The smallest absolute Gasteiger partial charge is 0.490 e. The third-order valence-electron chi connectivity index (χ3n) is 7.84. The number of likely N-dealkylation sites (tertiary alicyclic amines) is 1. The lowest BCUT2D eigenvalue weighted by Gasteiger charge is -2.47. The maximum Gasteiger partial charge on any atom is 0.490 e. The van der Waals surface area contributed by atoms with E-state index in [9.17, 15) is 26.7 Å². The number of rotatable bonds is 7. The summed E-state index contributed by atoms with van der Waals surface area (Å²) >= 11 is 0. The van der Waals surface area contributed by atoms with Gasteiger partial charge in [0.25, 0.3) is 0 Å². The number of aliphatic carboxylic acids is 1. The number of urea groups is 1. The van der Waals surface area contributed by atoms with Crippen molar-refractivity contribution >= 4 is 17.7 Å². The number of hydrogen-bond acceptors (Lipinski definition) is 5. The molecule has 1 aliphatic heterocycles. The lowest BCUT2D eigenvalue weighted by molar-refractivity contribution is -0.192. The zero-order valence-electron chi connectivity index (χ0n) is 23.0. The van der Waals surface area contributed by atoms with E-state index in [1.54, 1.807) is 14.2 Å². The zero-order valence-corrected chi connectivity index (χ0v) is 23.0. The molecule has 4 rings (SSSR count). The van der Waals surface area contributed by atoms with E-state index in [-0.39, 0.29) is 23.2 Å². The van der Waals surface area contributed by atoms with Crippen LogP contribution >= 0.6 is 0 Å². The first kappa shape index (κ1) is 31.9. The molecule has 13 heteroatoms. The highest BCUT2D eigenvalue weighted by Crippen LogP contribution is 2.51. The number of hydrogen-bond donors (Lipinski definition) is 2. The van der Waals surface area contributed by atoms with Crippen LogP contribution in [-0.4, -0.2) is 67.6 Å². The number of anilines is 1. The maximum absolute atomic E-state index is 14.0. The second-order valence-electron chi connectivity index (χ2n) is 10.1. The fourth-order valence-corrected chi connectivity index (χ4v) is 6.05. The fraction of sp³-hybridized carbons (Fsp3) is 0.500. The molecule has 226 valence electrons. The molecule has 8 nitrogen and oxygen atoms in total. The molecular weight excluding hydrogens is 553 g/mol. The molecule has 0 spiro atoms. The van der Waals surface area contributed by atoms with Crippen molar-refractivity contribution in [1.82, 2.24) is 4.90 Å². The minimum atomic E-state index is -5.08. The first-order valence-corrected chi connectivity index (χ1v) is 13.1. The summed E-state index contributed by atoms with van der Waals surface area (Å²) < 4.78 is 70.3. The molecule has 0 aromatic heterocycles. The SMILES string of the molecule is CCCN1CC[C@]2(c3ccc(OC)c(OC)c3)CC[C@@H](N(C(N)=O)c3ccc(F)c(F)c3)C[C@H]12.O=C(O)C(F)(F)F. The number of primary amides is 1. The van der Waals surface area contributed by atoms with Gasteiger partial charge in [-0.25, -0.2) is 18.4 Å². The summed E-state index contributed by atoms with van der Waals surface area (Å²) in [6, 6.07) is 8.95. The van der Waals surface area contributed by atoms with Crippen LogP contribution in [0.5, 0.6) is 11.5 Å². The molecule has 3 N–H and O–H groups in total. The molecule has 0 unspecified atom stereocenters. The number of carboxylic acids is 1. The van der Waals surface area contributed by atoms with E-state index in [4.69, 9.17) is 25.1 Å². The summed E-state index contributed by atoms with van der Waals surface area (Å²) in [7, 11) is 3.26. The van der Waals surface area contributed by atoms with E-state index in [2.05, 4.69) is 24.0 Å². The average molecular weight is 588 g/mol. The summed E-state index contributed by atoms with van der Waals surface area (Å²) in [5.41, 5.74) is 7.15. The number of fused-ring (bicyclic) bond motifs is 1. The van der Waals surface area contributed by atoms with Crippen molar-refractivity contribution in [2.75, 3.05) is 32.2 Å². The summed E-state index contributed by atoms with van der Waals surface area (Å²) in [6.45, 7) is 4.07. The number of halogens is 5. The molecule has 3 atom stereocenters. The number of alkyl halides is 3. The Morgan fingerprint density at radius 3 is 2.27 bits per heavy atom. The predicted octanol–water partition coefficient (Wildman–Crippen LogP) is 5.48. The van der Waals surface area contributed by atoms with Gasteiger partial charge in [0.05, 0.1) is 14.2 Å². The van der Waals surface area contributed by atoms with Crippen molar-refractivity contribution < 1.29 is 46.1 Å². The molecule has 0 bridgehead atoms. The van der Waals surface area contributed by atoms with Crippen LogP contribution in [0, 0.1) is 11.6 Å². The monoisotopic (exact) mass is 587 g/mol. The third-order valence-corrected chi connectivity index (χ3v) is 7.84. The third kappa shape index (κ3) is 6.83. The van der Waals surface area contributed by atoms with Gasteiger partial charge in [0.2, 0.25) is 0 Å². The van der Waals surface area contributed by atoms with E-state index in [1.807, 2.05) is 6.07 Å². The van der Waals surface area contributed by atoms with Crippen LogP contribution in [0.2, 0.25) is 0 Å². The summed E-state index contributed by atoms with van der Waals surface area (Å²) in [6.07, 6.45) is -0.831. The quantitative estimate of drug-likeness (QED) is 0.416. The average Bonchev–Trinajstić information content (AvgIpc) is 3.29. The van der Waals surface area contributed by atoms with E-state index in [0.717, 1.165) is 44.5 Å². The molecular formula is C28H34F5N3O5. The van der Waals surface area contributed by atoms with E-state index in [1.165, 1.54) is 16.5 Å². The highest BCUT2D eigenvalue weighted by atomic mass is 19.4. The number of methoxy groups -OCH3 is 2. The molecule has 2 amide bonds. The normalized spacial score (nSPS) is 22.2. The number of amides is 2. The standard InChI is InChI=1S/C26H33F2N3O3.C2HF3O2/c1-4-12-30-13-11-26(17-5-8-22(33-2)23(14-17)34-3)10-9-19(16-24(26)30)31(25(29)32)18-6-7-20(27)21(28)15-18;3-2(4,5)1(6)7/h5-8,14-15,19,24H,4,9-13,16H2,1-3H3,(H2,29,32);(H,6,7)/t19-,24+,26+;/m1./s1. The van der Waals surface area contributed by atoms with Gasteiger partial charge in [0, 0.05) is 29.3 Å². The Morgan fingerprint density at radius 2 is 1.73 bits per heavy atom. The molecule has 2 aromatic carbocycles. The summed E-state index contributed by atoms with van der Waals surface area (Å²) in [4.78, 5) is 25.3. The molecule has 1 heterocycles. The fourth-order valence-electron chi connectivity index (χ4n) is 6.05. The van der Waals surface area contributed by atoms with Crippen LogP contribution < -0.4 is 20.1 Å². The number of benzene rings is 2. The number of nitrogens with two attached hydrogens (primary N) is 1. The molecule has 1 aliphatic carbocycles. The lowest BCUT2D eigenvalue weighted by atomic mass is 9.64. The molecule has 41 heavy (non-hydrogen) atoms. The van der Waals surface area contributed by atoms with Crippen molar-refractivity contribution in [3.8, 4) is 11.5 Å². The van der Waals surface area contributed by atoms with Crippen molar-refractivity contribution in [2.45, 2.75) is 62.7 Å². The second kappa shape index (κ2) is 12.9. The van der Waals surface area contributed by atoms with Gasteiger partial charge in [0.1, 0.15) is 0 Å². The second-order valence-corrected chi connectivity index (χ2v) is 10.1. The molecule has 0 radical (unpaired) electrons.